The van der Waals surface area contributed by atoms with Crippen molar-refractivity contribution in [3.63, 3.8) is 0 Å². The summed E-state index contributed by atoms with van der Waals surface area (Å²) in [7, 11) is 0. The Balaban J connectivity index is 1.18. The number of nitrogens with zero attached hydrogens (tertiary/aromatic N) is 2. The maximum atomic E-state index is 12.9. The van der Waals surface area contributed by atoms with Crippen LogP contribution in [0.3, 0.4) is 0 Å². The lowest BCUT2D eigenvalue weighted by Gasteiger charge is -2.10. The summed E-state index contributed by atoms with van der Waals surface area (Å²) >= 11 is 1.60. The molecule has 0 saturated carbocycles. The average molecular weight is 484 g/mol. The molecule has 1 aliphatic heterocycles. The van der Waals surface area contributed by atoms with Gasteiger partial charge in [0.25, 0.3) is 11.8 Å². The standard InChI is InChI=1S/C27H25N5O2S/c33-26(30-18-23-4-3-15-35-23)20-5-6-21-17-29-25(24(21)16-20)31-27(34)19-7-9-22(10-8-19)28-11-14-32-12-1-2-13-32/h1-10,12-13,15-16,28H,11,14,17-18H2,(H,30,33)(H,29,31,34). The predicted octanol–water partition coefficient (Wildman–Crippen LogP) is 4.28. The van der Waals surface area contributed by atoms with Crippen molar-refractivity contribution in [3.05, 3.63) is 112 Å². The quantitative estimate of drug-likeness (QED) is 0.350. The SMILES string of the molecule is O=C(NCc1cccs1)c1ccc2c(c1)C(NC(=O)c1ccc(NCCn3cccc3)cc1)=NC2. The lowest BCUT2D eigenvalue weighted by Crippen LogP contribution is -2.30. The van der Waals surface area contributed by atoms with Crippen LogP contribution in [0.5, 0.6) is 0 Å². The Morgan fingerprint density at radius 2 is 1.74 bits per heavy atom. The Morgan fingerprint density at radius 1 is 0.943 bits per heavy atom. The van der Waals surface area contributed by atoms with Crippen LogP contribution in [0.25, 0.3) is 0 Å². The van der Waals surface area contributed by atoms with Crippen molar-refractivity contribution in [1.82, 2.24) is 15.2 Å². The van der Waals surface area contributed by atoms with Gasteiger partial charge in [0, 0.05) is 52.7 Å². The zero-order valence-electron chi connectivity index (χ0n) is 19.0. The number of carbonyl (C=O) groups is 2. The van der Waals surface area contributed by atoms with E-state index in [1.54, 1.807) is 35.6 Å². The van der Waals surface area contributed by atoms with Crippen LogP contribution in [-0.4, -0.2) is 28.8 Å². The second-order valence-electron chi connectivity index (χ2n) is 8.18. The first-order chi connectivity index (χ1) is 17.2. The molecule has 0 unspecified atom stereocenters. The van der Waals surface area contributed by atoms with E-state index in [2.05, 4.69) is 25.5 Å². The number of hydrogen-bond acceptors (Lipinski definition) is 5. The first-order valence-electron chi connectivity index (χ1n) is 11.4. The minimum atomic E-state index is -0.233. The molecule has 0 spiro atoms. The van der Waals surface area contributed by atoms with Gasteiger partial charge in [-0.1, -0.05) is 12.1 Å². The van der Waals surface area contributed by atoms with Gasteiger partial charge in [-0.05, 0) is 65.5 Å². The molecule has 0 atom stereocenters. The second kappa shape index (κ2) is 10.4. The molecule has 0 aliphatic carbocycles. The molecule has 2 amide bonds. The molecular formula is C27H25N5O2S. The number of nitrogens with one attached hydrogen (secondary N) is 3. The number of anilines is 1. The first-order valence-corrected chi connectivity index (χ1v) is 12.3. The molecular weight excluding hydrogens is 458 g/mol. The predicted molar refractivity (Wildman–Crippen MR) is 139 cm³/mol. The summed E-state index contributed by atoms with van der Waals surface area (Å²) in [5, 5.41) is 11.2. The molecule has 8 heteroatoms. The normalized spacial score (nSPS) is 12.1. The maximum absolute atomic E-state index is 12.9. The fourth-order valence-electron chi connectivity index (χ4n) is 3.88. The summed E-state index contributed by atoms with van der Waals surface area (Å²) in [5.74, 6) is 0.105. The molecule has 4 aromatic rings. The van der Waals surface area contributed by atoms with Gasteiger partial charge in [-0.2, -0.15) is 0 Å². The van der Waals surface area contributed by atoms with E-state index in [9.17, 15) is 9.59 Å². The fourth-order valence-corrected chi connectivity index (χ4v) is 4.53. The zero-order chi connectivity index (χ0) is 24.0. The number of amidine groups is 1. The van der Waals surface area contributed by atoms with Gasteiger partial charge in [0.2, 0.25) is 0 Å². The third-order valence-electron chi connectivity index (χ3n) is 5.78. The van der Waals surface area contributed by atoms with Gasteiger partial charge in [-0.3, -0.25) is 14.6 Å². The van der Waals surface area contributed by atoms with Crippen molar-refractivity contribution in [1.29, 1.82) is 0 Å². The van der Waals surface area contributed by atoms with Gasteiger partial charge >= 0.3 is 0 Å². The minimum absolute atomic E-state index is 0.154. The van der Waals surface area contributed by atoms with Crippen molar-refractivity contribution >= 4 is 34.7 Å². The van der Waals surface area contributed by atoms with Crippen LogP contribution < -0.4 is 16.0 Å². The van der Waals surface area contributed by atoms with Gasteiger partial charge < -0.3 is 20.5 Å². The van der Waals surface area contributed by atoms with Gasteiger partial charge in [-0.15, -0.1) is 11.3 Å². The molecule has 35 heavy (non-hydrogen) atoms. The summed E-state index contributed by atoms with van der Waals surface area (Å²) in [6, 6.07) is 20.8. The molecule has 176 valence electrons. The van der Waals surface area contributed by atoms with Gasteiger partial charge in [0.15, 0.2) is 0 Å². The number of fused-ring (bicyclic) bond motifs is 1. The fraction of sp³-hybridized carbons (Fsp3) is 0.148. The number of hydrogen-bond donors (Lipinski definition) is 3. The van der Waals surface area contributed by atoms with E-state index in [1.807, 2.05) is 60.2 Å². The van der Waals surface area contributed by atoms with Crippen LogP contribution in [-0.2, 0) is 19.6 Å². The third kappa shape index (κ3) is 5.50. The summed E-state index contributed by atoms with van der Waals surface area (Å²) in [6.07, 6.45) is 4.05. The number of aliphatic imine (C=N–C) groups is 1. The molecule has 3 N–H and O–H groups in total. The van der Waals surface area contributed by atoms with E-state index >= 15 is 0 Å². The highest BCUT2D eigenvalue weighted by molar-refractivity contribution is 7.09. The van der Waals surface area contributed by atoms with Gasteiger partial charge in [0.1, 0.15) is 5.84 Å². The van der Waals surface area contributed by atoms with Crippen LogP contribution in [0.2, 0.25) is 0 Å². The Bertz CT molecular complexity index is 1340. The maximum Gasteiger partial charge on any atom is 0.256 e. The van der Waals surface area contributed by atoms with Crippen LogP contribution >= 0.6 is 11.3 Å². The Kier molecular flexibility index (Phi) is 6.72. The number of carbonyl (C=O) groups excluding carboxylic acids is 2. The summed E-state index contributed by atoms with van der Waals surface area (Å²) in [5.41, 5.74) is 3.81. The van der Waals surface area contributed by atoms with E-state index in [0.717, 1.165) is 34.8 Å². The Morgan fingerprint density at radius 3 is 2.51 bits per heavy atom. The smallest absolute Gasteiger partial charge is 0.256 e. The molecule has 0 bridgehead atoms. The summed E-state index contributed by atoms with van der Waals surface area (Å²) in [4.78, 5) is 31.0. The monoisotopic (exact) mass is 483 g/mol. The third-order valence-corrected chi connectivity index (χ3v) is 6.66. The average Bonchev–Trinajstić information content (AvgIpc) is 3.66. The van der Waals surface area contributed by atoms with Crippen molar-refractivity contribution in [2.24, 2.45) is 4.99 Å². The van der Waals surface area contributed by atoms with E-state index in [4.69, 9.17) is 0 Å². The van der Waals surface area contributed by atoms with Gasteiger partial charge in [-0.25, -0.2) is 0 Å². The molecule has 0 radical (unpaired) electrons. The highest BCUT2D eigenvalue weighted by atomic mass is 32.1. The molecule has 0 saturated heterocycles. The molecule has 2 aromatic heterocycles. The lowest BCUT2D eigenvalue weighted by molar-refractivity contribution is 0.0949. The summed E-state index contributed by atoms with van der Waals surface area (Å²) in [6.45, 7) is 2.62. The Labute approximate surface area is 207 Å². The molecule has 0 fully saturated rings. The van der Waals surface area contributed by atoms with E-state index in [-0.39, 0.29) is 11.8 Å². The Hall–Kier alpha value is -4.17. The van der Waals surface area contributed by atoms with Crippen LogP contribution in [0, 0.1) is 0 Å². The highest BCUT2D eigenvalue weighted by Gasteiger charge is 2.20. The van der Waals surface area contributed by atoms with Crippen molar-refractivity contribution in [2.45, 2.75) is 19.6 Å². The summed E-state index contributed by atoms with van der Waals surface area (Å²) < 4.78 is 2.10. The van der Waals surface area contributed by atoms with Crippen molar-refractivity contribution in [3.8, 4) is 0 Å². The largest absolute Gasteiger partial charge is 0.383 e. The first kappa shape index (κ1) is 22.6. The van der Waals surface area contributed by atoms with E-state index < -0.39 is 0 Å². The minimum Gasteiger partial charge on any atom is -0.383 e. The zero-order valence-corrected chi connectivity index (χ0v) is 19.8. The molecule has 1 aliphatic rings. The van der Waals surface area contributed by atoms with Gasteiger partial charge in [0.05, 0.1) is 13.1 Å². The number of rotatable bonds is 8. The van der Waals surface area contributed by atoms with Crippen molar-refractivity contribution in [2.75, 3.05) is 11.9 Å². The second-order valence-corrected chi connectivity index (χ2v) is 9.21. The molecule has 2 aromatic carbocycles. The highest BCUT2D eigenvalue weighted by Crippen LogP contribution is 2.20. The number of thiophene rings is 1. The van der Waals surface area contributed by atoms with E-state index in [0.29, 0.717) is 30.1 Å². The number of benzene rings is 2. The lowest BCUT2D eigenvalue weighted by atomic mass is 10.0. The van der Waals surface area contributed by atoms with Crippen LogP contribution in [0.4, 0.5) is 5.69 Å². The van der Waals surface area contributed by atoms with Crippen molar-refractivity contribution < 1.29 is 9.59 Å². The number of amides is 2. The topological polar surface area (TPSA) is 87.5 Å². The number of aromatic nitrogens is 1. The van der Waals surface area contributed by atoms with E-state index in [1.165, 1.54) is 0 Å². The molecule has 3 heterocycles. The van der Waals surface area contributed by atoms with Crippen LogP contribution in [0.15, 0.2) is 89.5 Å². The molecule has 7 nitrogen and oxygen atoms in total. The molecule has 5 rings (SSSR count). The van der Waals surface area contributed by atoms with Crippen LogP contribution in [0.1, 0.15) is 36.7 Å².